The number of ether oxygens (including phenoxy) is 5. The number of allylic oxidation sites excluding steroid dienone is 1. The van der Waals surface area contributed by atoms with Crippen molar-refractivity contribution in [2.75, 3.05) is 20.8 Å². The van der Waals surface area contributed by atoms with E-state index < -0.39 is 41.4 Å². The average Bonchev–Trinajstić information content (AvgIpc) is 3.65. The Bertz CT molecular complexity index is 2560. The first-order valence-corrected chi connectivity index (χ1v) is 20.9. The fourth-order valence-corrected chi connectivity index (χ4v) is 8.40. The van der Waals surface area contributed by atoms with Gasteiger partial charge in [-0.25, -0.2) is 4.39 Å². The summed E-state index contributed by atoms with van der Waals surface area (Å²) in [6.07, 6.45) is -2.56. The molecule has 4 atom stereocenters. The number of halogens is 1. The minimum atomic E-state index is -1.87. The number of alkyl halides is 1. The Hall–Kier alpha value is -6.85. The van der Waals surface area contributed by atoms with E-state index in [1.807, 2.05) is 170 Å². The van der Waals surface area contributed by atoms with Gasteiger partial charge in [-0.15, -0.1) is 0 Å². The summed E-state index contributed by atoms with van der Waals surface area (Å²) in [7, 11) is 3.22. The summed E-state index contributed by atoms with van der Waals surface area (Å²) in [6, 6.07) is 55.6. The van der Waals surface area contributed by atoms with Crippen LogP contribution >= 0.6 is 0 Å². The fourth-order valence-electron chi connectivity index (χ4n) is 8.40. The number of nitrogens with zero attached hydrogens (tertiary/aromatic N) is 2. The molecule has 1 N–H and O–H groups in total. The molecule has 2 heterocycles. The van der Waals surface area contributed by atoms with E-state index in [1.165, 1.54) is 22.9 Å². The molecule has 0 radical (unpaired) electrons. The Morgan fingerprint density at radius 2 is 1.10 bits per heavy atom. The maximum atomic E-state index is 18.2. The molecule has 1 aromatic heterocycles. The Kier molecular flexibility index (Phi) is 12.9. The van der Waals surface area contributed by atoms with Gasteiger partial charge < -0.3 is 33.4 Å². The van der Waals surface area contributed by atoms with Gasteiger partial charge in [-0.05, 0) is 57.6 Å². The lowest BCUT2D eigenvalue weighted by molar-refractivity contribution is -0.128. The monoisotopic (exact) mass is 844 g/mol. The molecule has 320 valence electrons. The van der Waals surface area contributed by atoms with Gasteiger partial charge in [0.15, 0.2) is 12.4 Å². The van der Waals surface area contributed by atoms with Gasteiger partial charge >= 0.3 is 0 Å². The largest absolute Gasteiger partial charge is 0.512 e. The predicted molar refractivity (Wildman–Crippen MR) is 241 cm³/mol. The molecule has 1 aliphatic heterocycles. The van der Waals surface area contributed by atoms with Crippen molar-refractivity contribution < 1.29 is 33.2 Å². The molecular formula is C53H49FN2O7. The van der Waals surface area contributed by atoms with E-state index in [0.29, 0.717) is 11.5 Å². The predicted octanol–water partition coefficient (Wildman–Crippen LogP) is 10.2. The highest BCUT2D eigenvalue weighted by Gasteiger charge is 2.53. The van der Waals surface area contributed by atoms with Gasteiger partial charge in [-0.3, -0.25) is 4.79 Å². The molecule has 0 saturated carbocycles. The lowest BCUT2D eigenvalue weighted by atomic mass is 9.79. The molecule has 1 aliphatic rings. The van der Waals surface area contributed by atoms with Gasteiger partial charge in [0.25, 0.3) is 5.56 Å². The van der Waals surface area contributed by atoms with Gasteiger partial charge in [-0.2, -0.15) is 4.98 Å². The summed E-state index contributed by atoms with van der Waals surface area (Å²) in [4.78, 5) is 16.8. The van der Waals surface area contributed by atoms with Crippen LogP contribution in [0.15, 0.2) is 193 Å². The number of aliphatic hydroxyl groups excluding tert-OH is 1. The van der Waals surface area contributed by atoms with Gasteiger partial charge in [0, 0.05) is 24.8 Å². The third kappa shape index (κ3) is 8.53. The molecule has 0 spiro atoms. The van der Waals surface area contributed by atoms with Gasteiger partial charge in [0.2, 0.25) is 0 Å². The van der Waals surface area contributed by atoms with Crippen LogP contribution in [-0.4, -0.2) is 53.9 Å². The molecule has 0 aliphatic carbocycles. The maximum Gasteiger partial charge on any atom is 0.273 e. The van der Waals surface area contributed by atoms with Crippen molar-refractivity contribution in [1.82, 2.24) is 9.55 Å². The van der Waals surface area contributed by atoms with Crippen molar-refractivity contribution in [2.24, 2.45) is 0 Å². The number of aliphatic hydroxyl groups is 1. The topological polar surface area (TPSA) is 101 Å². The first kappa shape index (κ1) is 42.8. The standard InChI is InChI=1S/C53H49FN2O7/c1-4-43(57)35-47-55-48(58)33-34-56(47)51-49(54)50(63-53(39-21-13-7-14-22-39,40-23-15-8-16-24-40)42-27-31-45(60-3)32-28-42)46(62-51)36-61-52(37-17-9-5-10-18-37,38-19-11-6-12-20-38)41-25-29-44(59-2)30-26-41/h5-35,46,49-51,57H,4,36H2,1-3H3/b43-35+/t46-,49-,50-,51-/m1/s1. The van der Waals surface area contributed by atoms with Crippen LogP contribution in [0.4, 0.5) is 4.39 Å². The first-order valence-electron chi connectivity index (χ1n) is 20.9. The quantitative estimate of drug-likeness (QED) is 0.0758. The van der Waals surface area contributed by atoms with E-state index in [1.54, 1.807) is 21.1 Å². The number of benzene rings is 6. The van der Waals surface area contributed by atoms with E-state index in [2.05, 4.69) is 4.98 Å². The number of aromatic nitrogens is 2. The Morgan fingerprint density at radius 1 is 0.667 bits per heavy atom. The van der Waals surface area contributed by atoms with E-state index >= 15 is 4.39 Å². The second-order valence-corrected chi connectivity index (χ2v) is 15.2. The van der Waals surface area contributed by atoms with Gasteiger partial charge in [-0.1, -0.05) is 153 Å². The van der Waals surface area contributed by atoms with Crippen LogP contribution in [0.1, 0.15) is 58.8 Å². The van der Waals surface area contributed by atoms with Crippen molar-refractivity contribution >= 4 is 6.08 Å². The SMILES string of the molecule is CC/C(O)=C\c1nc(=O)ccn1[C@@H]1O[C@H](COC(c2ccccc2)(c2ccccc2)c2ccc(OC)cc2)[C@@H](OC(c2ccccc2)(c2ccccc2)c2ccc(OC)cc2)[C@H]1F. The molecule has 9 nitrogen and oxygen atoms in total. The molecule has 0 amide bonds. The molecule has 6 aromatic carbocycles. The van der Waals surface area contributed by atoms with Crippen molar-refractivity contribution in [2.45, 2.75) is 49.2 Å². The van der Waals surface area contributed by atoms with E-state index in [9.17, 15) is 9.90 Å². The number of hydrogen-bond acceptors (Lipinski definition) is 8. The highest BCUT2D eigenvalue weighted by atomic mass is 19.1. The molecule has 63 heavy (non-hydrogen) atoms. The van der Waals surface area contributed by atoms with Gasteiger partial charge in [0.1, 0.15) is 40.7 Å². The molecule has 0 bridgehead atoms. The van der Waals surface area contributed by atoms with Crippen molar-refractivity contribution in [3.8, 4) is 11.5 Å². The zero-order valence-electron chi connectivity index (χ0n) is 35.3. The smallest absolute Gasteiger partial charge is 0.273 e. The van der Waals surface area contributed by atoms with Crippen LogP contribution < -0.4 is 15.0 Å². The molecule has 7 aromatic rings. The van der Waals surface area contributed by atoms with Crippen LogP contribution in [-0.2, 0) is 25.4 Å². The van der Waals surface area contributed by atoms with E-state index in [4.69, 9.17) is 23.7 Å². The Labute approximate surface area is 366 Å². The van der Waals surface area contributed by atoms with Gasteiger partial charge in [0.05, 0.1) is 26.6 Å². The lowest BCUT2D eigenvalue weighted by Crippen LogP contribution is -2.45. The van der Waals surface area contributed by atoms with Crippen LogP contribution in [0.5, 0.6) is 11.5 Å². The fraction of sp³-hybridized carbons (Fsp3) is 0.208. The maximum absolute atomic E-state index is 18.2. The number of methoxy groups -OCH3 is 2. The second-order valence-electron chi connectivity index (χ2n) is 15.2. The first-order chi connectivity index (χ1) is 30.8. The Morgan fingerprint density at radius 3 is 1.54 bits per heavy atom. The summed E-state index contributed by atoms with van der Waals surface area (Å²) in [5.74, 6) is 1.31. The molecular weight excluding hydrogens is 796 g/mol. The minimum absolute atomic E-state index is 0.0310. The van der Waals surface area contributed by atoms with Crippen molar-refractivity contribution in [3.05, 3.63) is 237 Å². The third-order valence-electron chi connectivity index (χ3n) is 11.6. The highest BCUT2D eigenvalue weighted by Crippen LogP contribution is 2.48. The third-order valence-corrected chi connectivity index (χ3v) is 11.6. The molecule has 1 fully saturated rings. The van der Waals surface area contributed by atoms with E-state index in [-0.39, 0.29) is 24.6 Å². The molecule has 0 unspecified atom stereocenters. The van der Waals surface area contributed by atoms with Crippen LogP contribution in [0.3, 0.4) is 0 Å². The van der Waals surface area contributed by atoms with Crippen LogP contribution in [0, 0.1) is 0 Å². The zero-order valence-corrected chi connectivity index (χ0v) is 35.3. The normalized spacial score (nSPS) is 17.9. The van der Waals surface area contributed by atoms with Crippen molar-refractivity contribution in [1.29, 1.82) is 0 Å². The average molecular weight is 845 g/mol. The summed E-state index contributed by atoms with van der Waals surface area (Å²) < 4.78 is 52.4. The molecule has 10 heteroatoms. The summed E-state index contributed by atoms with van der Waals surface area (Å²) in [6.45, 7) is 1.59. The number of rotatable bonds is 16. The van der Waals surface area contributed by atoms with E-state index in [0.717, 1.165) is 33.4 Å². The summed E-state index contributed by atoms with van der Waals surface area (Å²) >= 11 is 0. The molecule has 1 saturated heterocycles. The number of hydrogen-bond donors (Lipinski definition) is 1. The summed E-state index contributed by atoms with van der Waals surface area (Å²) in [5.41, 5.74) is 1.52. The van der Waals surface area contributed by atoms with Crippen LogP contribution in [0.25, 0.3) is 6.08 Å². The van der Waals surface area contributed by atoms with Crippen LogP contribution in [0.2, 0.25) is 0 Å². The van der Waals surface area contributed by atoms with Crippen molar-refractivity contribution in [3.63, 3.8) is 0 Å². The highest BCUT2D eigenvalue weighted by molar-refractivity contribution is 5.51. The minimum Gasteiger partial charge on any atom is -0.512 e. The summed E-state index contributed by atoms with van der Waals surface area (Å²) in [5, 5.41) is 10.6. The lowest BCUT2D eigenvalue weighted by Gasteiger charge is -2.40. The zero-order chi connectivity index (χ0) is 43.8. The second kappa shape index (κ2) is 19.0. The molecule has 8 rings (SSSR count). The Balaban J connectivity index is 1.32.